The maximum Gasteiger partial charge on any atom is 0.205 e. The first-order chi connectivity index (χ1) is 9.19. The summed E-state index contributed by atoms with van der Waals surface area (Å²) in [5.74, 6) is 0.391. The van der Waals surface area contributed by atoms with Gasteiger partial charge in [0.2, 0.25) is 5.95 Å². The van der Waals surface area contributed by atoms with Crippen molar-refractivity contribution in [3.8, 4) is 11.8 Å². The van der Waals surface area contributed by atoms with Crippen LogP contribution in [0.25, 0.3) is 16.7 Å². The highest BCUT2D eigenvalue weighted by Crippen LogP contribution is 2.25. The third-order valence-corrected chi connectivity index (χ3v) is 3.13. The number of imidazole rings is 1. The zero-order valence-electron chi connectivity index (χ0n) is 9.84. The number of rotatable bonds is 1. The van der Waals surface area contributed by atoms with Crippen LogP contribution in [0.1, 0.15) is 5.56 Å². The molecule has 4 nitrogen and oxygen atoms in total. The molecular weight excluding hydrogens is 260 g/mol. The molecule has 0 saturated carbocycles. The first-order valence-corrected chi connectivity index (χ1v) is 6.01. The third kappa shape index (κ3) is 1.90. The van der Waals surface area contributed by atoms with Crippen LogP contribution in [-0.4, -0.2) is 9.55 Å². The molecule has 0 unspecified atom stereocenters. The summed E-state index contributed by atoms with van der Waals surface area (Å²) >= 11 is 6.01. The van der Waals surface area contributed by atoms with E-state index in [0.29, 0.717) is 16.5 Å². The van der Waals surface area contributed by atoms with E-state index in [9.17, 15) is 0 Å². The predicted octanol–water partition coefficient (Wildman–Crippen LogP) is 3.13. The van der Waals surface area contributed by atoms with Crippen molar-refractivity contribution in [1.82, 2.24) is 9.55 Å². The van der Waals surface area contributed by atoms with Gasteiger partial charge in [0.05, 0.1) is 22.7 Å². The van der Waals surface area contributed by atoms with E-state index >= 15 is 0 Å². The van der Waals surface area contributed by atoms with Crippen LogP contribution in [-0.2, 0) is 0 Å². The molecular formula is C14H9ClN4. The van der Waals surface area contributed by atoms with Gasteiger partial charge in [-0.2, -0.15) is 5.26 Å². The fraction of sp³-hybridized carbons (Fsp3) is 0. The van der Waals surface area contributed by atoms with E-state index < -0.39 is 0 Å². The van der Waals surface area contributed by atoms with Crippen molar-refractivity contribution in [2.24, 2.45) is 0 Å². The van der Waals surface area contributed by atoms with E-state index in [4.69, 9.17) is 22.6 Å². The van der Waals surface area contributed by atoms with Gasteiger partial charge in [-0.05, 0) is 42.5 Å². The van der Waals surface area contributed by atoms with Crippen LogP contribution in [0.15, 0.2) is 42.5 Å². The quantitative estimate of drug-likeness (QED) is 0.737. The number of hydrogen-bond acceptors (Lipinski definition) is 3. The topological polar surface area (TPSA) is 67.6 Å². The molecule has 0 fully saturated rings. The lowest BCUT2D eigenvalue weighted by atomic mass is 10.2. The van der Waals surface area contributed by atoms with Crippen molar-refractivity contribution in [3.05, 3.63) is 53.1 Å². The molecule has 92 valence electrons. The summed E-state index contributed by atoms with van der Waals surface area (Å²) in [6.07, 6.45) is 0. The Hall–Kier alpha value is -2.51. The summed E-state index contributed by atoms with van der Waals surface area (Å²) in [5.41, 5.74) is 9.03. The maximum absolute atomic E-state index is 8.81. The van der Waals surface area contributed by atoms with Crippen LogP contribution >= 0.6 is 11.6 Å². The highest BCUT2D eigenvalue weighted by atomic mass is 35.5. The van der Waals surface area contributed by atoms with Crippen molar-refractivity contribution in [2.45, 2.75) is 0 Å². The minimum absolute atomic E-state index is 0.391. The number of halogens is 1. The Balaban J connectivity index is 2.26. The average molecular weight is 269 g/mol. The van der Waals surface area contributed by atoms with Gasteiger partial charge < -0.3 is 5.73 Å². The molecule has 0 atom stereocenters. The Morgan fingerprint density at radius 2 is 1.89 bits per heavy atom. The molecule has 2 aromatic carbocycles. The molecule has 19 heavy (non-hydrogen) atoms. The number of nitrogen functional groups attached to an aromatic ring is 1. The molecule has 0 bridgehead atoms. The van der Waals surface area contributed by atoms with Crippen molar-refractivity contribution in [1.29, 1.82) is 5.26 Å². The molecule has 1 heterocycles. The summed E-state index contributed by atoms with van der Waals surface area (Å²) in [7, 11) is 0. The van der Waals surface area contributed by atoms with Crippen LogP contribution in [0.4, 0.5) is 5.95 Å². The summed E-state index contributed by atoms with van der Waals surface area (Å²) in [4.78, 5) is 4.29. The molecule has 3 rings (SSSR count). The maximum atomic E-state index is 8.81. The number of anilines is 1. The monoisotopic (exact) mass is 268 g/mol. The predicted molar refractivity (Wildman–Crippen MR) is 75.2 cm³/mol. The Morgan fingerprint density at radius 1 is 1.16 bits per heavy atom. The van der Waals surface area contributed by atoms with Crippen molar-refractivity contribution in [2.75, 3.05) is 5.73 Å². The lowest BCUT2D eigenvalue weighted by Gasteiger charge is -2.06. The van der Waals surface area contributed by atoms with E-state index in [1.54, 1.807) is 18.2 Å². The Labute approximate surface area is 114 Å². The summed E-state index contributed by atoms with van der Waals surface area (Å²) in [6, 6.07) is 14.6. The van der Waals surface area contributed by atoms with Crippen molar-refractivity contribution >= 4 is 28.6 Å². The van der Waals surface area contributed by atoms with Gasteiger partial charge >= 0.3 is 0 Å². The van der Waals surface area contributed by atoms with E-state index in [1.807, 2.05) is 28.8 Å². The second kappa shape index (κ2) is 4.30. The number of benzene rings is 2. The molecule has 1 aromatic heterocycles. The SMILES string of the molecule is N#Cc1ccc(-n2c(N)nc3ccc(Cl)cc32)cc1. The zero-order chi connectivity index (χ0) is 13.4. The molecule has 0 amide bonds. The second-order valence-corrected chi connectivity index (χ2v) is 4.53. The molecule has 0 aliphatic rings. The number of hydrogen-bond donors (Lipinski definition) is 1. The highest BCUT2D eigenvalue weighted by molar-refractivity contribution is 6.31. The molecule has 0 radical (unpaired) electrons. The van der Waals surface area contributed by atoms with Crippen LogP contribution in [0.3, 0.4) is 0 Å². The number of nitrogens with two attached hydrogens (primary N) is 1. The second-order valence-electron chi connectivity index (χ2n) is 4.10. The van der Waals surface area contributed by atoms with E-state index in [2.05, 4.69) is 11.1 Å². The number of fused-ring (bicyclic) bond motifs is 1. The lowest BCUT2D eigenvalue weighted by Crippen LogP contribution is -2.00. The van der Waals surface area contributed by atoms with E-state index in [-0.39, 0.29) is 0 Å². The van der Waals surface area contributed by atoms with Crippen LogP contribution in [0.2, 0.25) is 5.02 Å². The van der Waals surface area contributed by atoms with Gasteiger partial charge in [0, 0.05) is 10.7 Å². The van der Waals surface area contributed by atoms with E-state index in [0.717, 1.165) is 16.7 Å². The Kier molecular flexibility index (Phi) is 2.62. The molecule has 3 aromatic rings. The average Bonchev–Trinajstić information content (AvgIpc) is 2.74. The van der Waals surface area contributed by atoms with Crippen LogP contribution < -0.4 is 5.73 Å². The van der Waals surface area contributed by atoms with Gasteiger partial charge in [0.15, 0.2) is 0 Å². The first-order valence-electron chi connectivity index (χ1n) is 5.63. The molecule has 0 saturated heterocycles. The zero-order valence-corrected chi connectivity index (χ0v) is 10.6. The number of nitriles is 1. The lowest BCUT2D eigenvalue weighted by molar-refractivity contribution is 1.11. The molecule has 0 spiro atoms. The van der Waals surface area contributed by atoms with Gasteiger partial charge in [0.1, 0.15) is 0 Å². The Morgan fingerprint density at radius 3 is 2.58 bits per heavy atom. The van der Waals surface area contributed by atoms with Gasteiger partial charge in [-0.3, -0.25) is 4.57 Å². The van der Waals surface area contributed by atoms with Gasteiger partial charge in [0.25, 0.3) is 0 Å². The number of aromatic nitrogens is 2. The summed E-state index contributed by atoms with van der Waals surface area (Å²) in [5, 5.41) is 9.44. The normalized spacial score (nSPS) is 10.5. The minimum Gasteiger partial charge on any atom is -0.369 e. The van der Waals surface area contributed by atoms with Gasteiger partial charge in [-0.25, -0.2) is 4.98 Å². The fourth-order valence-corrected chi connectivity index (χ4v) is 2.19. The molecule has 2 N–H and O–H groups in total. The number of nitrogens with zero attached hydrogens (tertiary/aromatic N) is 3. The standard InChI is InChI=1S/C14H9ClN4/c15-10-3-6-12-13(7-10)19(14(17)18-12)11-4-1-9(8-16)2-5-11/h1-7H,(H2,17,18). The molecule has 0 aliphatic heterocycles. The summed E-state index contributed by atoms with van der Waals surface area (Å²) in [6.45, 7) is 0. The largest absolute Gasteiger partial charge is 0.369 e. The van der Waals surface area contributed by atoms with E-state index in [1.165, 1.54) is 0 Å². The van der Waals surface area contributed by atoms with Gasteiger partial charge in [-0.1, -0.05) is 11.6 Å². The Bertz CT molecular complexity index is 797. The summed E-state index contributed by atoms with van der Waals surface area (Å²) < 4.78 is 1.81. The van der Waals surface area contributed by atoms with Gasteiger partial charge in [-0.15, -0.1) is 0 Å². The molecule has 0 aliphatic carbocycles. The van der Waals surface area contributed by atoms with Crippen molar-refractivity contribution in [3.63, 3.8) is 0 Å². The fourth-order valence-electron chi connectivity index (χ4n) is 2.02. The minimum atomic E-state index is 0.391. The van der Waals surface area contributed by atoms with Crippen LogP contribution in [0, 0.1) is 11.3 Å². The van der Waals surface area contributed by atoms with Crippen molar-refractivity contribution < 1.29 is 0 Å². The highest BCUT2D eigenvalue weighted by Gasteiger charge is 2.10. The third-order valence-electron chi connectivity index (χ3n) is 2.90. The molecule has 5 heteroatoms. The van der Waals surface area contributed by atoms with Crippen LogP contribution in [0.5, 0.6) is 0 Å². The first kappa shape index (κ1) is 11.6. The smallest absolute Gasteiger partial charge is 0.205 e.